The van der Waals surface area contributed by atoms with Gasteiger partial charge in [-0.3, -0.25) is 0 Å². The minimum atomic E-state index is 0.0587. The number of ether oxygens (including phenoxy) is 1. The van der Waals surface area contributed by atoms with E-state index in [1.54, 1.807) is 17.4 Å². The summed E-state index contributed by atoms with van der Waals surface area (Å²) >= 11 is 17.0. The lowest BCUT2D eigenvalue weighted by atomic mass is 9.96. The SMILES string of the molecule is N#CC(C#N)=Cc1ccc(-c2ccc3c(c2)Oc2c(Cl)c4c(c(Cl)c2=N3)Cc2cc(-c3cccs3)ccc2N=4)s1. The minimum absolute atomic E-state index is 0.0587. The van der Waals surface area contributed by atoms with Gasteiger partial charge in [0.2, 0.25) is 0 Å². The van der Waals surface area contributed by atoms with Gasteiger partial charge < -0.3 is 4.74 Å². The molecule has 0 fully saturated rings. The van der Waals surface area contributed by atoms with Crippen LogP contribution in [0.15, 0.2) is 81.6 Å². The zero-order valence-electron chi connectivity index (χ0n) is 20.4. The molecule has 2 aromatic heterocycles. The molecule has 0 atom stereocenters. The second-order valence-corrected chi connectivity index (χ2v) is 11.9. The highest BCUT2D eigenvalue weighted by Crippen LogP contribution is 2.42. The average Bonchev–Trinajstić information content (AvgIpc) is 3.70. The molecule has 0 N–H and O–H groups in total. The summed E-state index contributed by atoms with van der Waals surface area (Å²) < 4.78 is 6.32. The molecule has 9 heteroatoms. The predicted octanol–water partition coefficient (Wildman–Crippen LogP) is 8.79. The maximum atomic E-state index is 9.04. The molecule has 0 unspecified atom stereocenters. The van der Waals surface area contributed by atoms with Gasteiger partial charge in [0, 0.05) is 26.6 Å². The summed E-state index contributed by atoms with van der Waals surface area (Å²) in [5.74, 6) is 0.944. The fourth-order valence-electron chi connectivity index (χ4n) is 4.79. The van der Waals surface area contributed by atoms with E-state index in [2.05, 4.69) is 23.6 Å². The van der Waals surface area contributed by atoms with Crippen LogP contribution < -0.4 is 15.5 Å². The van der Waals surface area contributed by atoms with E-state index in [1.165, 1.54) is 16.2 Å². The van der Waals surface area contributed by atoms with E-state index in [-0.39, 0.29) is 5.57 Å². The summed E-state index contributed by atoms with van der Waals surface area (Å²) in [5.41, 5.74) is 5.55. The predicted molar refractivity (Wildman–Crippen MR) is 160 cm³/mol. The molecule has 4 heterocycles. The largest absolute Gasteiger partial charge is 0.451 e. The fourth-order valence-corrected chi connectivity index (χ4v) is 7.03. The summed E-state index contributed by atoms with van der Waals surface area (Å²) in [6, 6.07) is 23.7. The van der Waals surface area contributed by atoms with Crippen molar-refractivity contribution in [3.05, 3.63) is 108 Å². The van der Waals surface area contributed by atoms with Crippen molar-refractivity contribution >= 4 is 63.3 Å². The van der Waals surface area contributed by atoms with Gasteiger partial charge in [0.05, 0.1) is 16.1 Å². The number of halogens is 2. The van der Waals surface area contributed by atoms with Gasteiger partial charge in [-0.25, -0.2) is 9.98 Å². The Morgan fingerprint density at radius 3 is 2.42 bits per heavy atom. The summed E-state index contributed by atoms with van der Waals surface area (Å²) in [5, 5.41) is 22.1. The van der Waals surface area contributed by atoms with Crippen molar-refractivity contribution in [2.45, 2.75) is 6.42 Å². The van der Waals surface area contributed by atoms with Gasteiger partial charge in [0.1, 0.15) is 33.8 Å². The third-order valence-electron chi connectivity index (χ3n) is 6.71. The number of hydrogen-bond acceptors (Lipinski definition) is 7. The van der Waals surface area contributed by atoms with Crippen molar-refractivity contribution in [1.82, 2.24) is 0 Å². The maximum absolute atomic E-state index is 9.04. The smallest absolute Gasteiger partial charge is 0.175 e. The number of thiophene rings is 2. The first-order valence-corrected chi connectivity index (χ1v) is 14.6. The number of nitriles is 2. The van der Waals surface area contributed by atoms with Crippen LogP contribution in [0.4, 0.5) is 11.4 Å². The van der Waals surface area contributed by atoms with Crippen LogP contribution in [-0.2, 0) is 6.42 Å². The van der Waals surface area contributed by atoms with Crippen molar-refractivity contribution < 1.29 is 4.74 Å². The van der Waals surface area contributed by atoms with Crippen LogP contribution in [0.25, 0.3) is 27.0 Å². The molecule has 0 radical (unpaired) electrons. The molecule has 7 rings (SSSR count). The molecule has 5 aromatic rings. The molecule has 5 nitrogen and oxygen atoms in total. The average molecular weight is 594 g/mol. The lowest BCUT2D eigenvalue weighted by Crippen LogP contribution is -2.25. The van der Waals surface area contributed by atoms with Gasteiger partial charge in [-0.1, -0.05) is 41.4 Å². The molecule has 0 saturated carbocycles. The highest BCUT2D eigenvalue weighted by atomic mass is 35.5. The zero-order chi connectivity index (χ0) is 27.4. The third-order valence-corrected chi connectivity index (χ3v) is 9.47. The quantitative estimate of drug-likeness (QED) is 0.192. The van der Waals surface area contributed by atoms with Crippen LogP contribution >= 0.6 is 45.9 Å². The molecule has 190 valence electrons. The number of allylic oxidation sites excluding steroid dienone is 1. The third kappa shape index (κ3) is 4.12. The first kappa shape index (κ1) is 24.8. The summed E-state index contributed by atoms with van der Waals surface area (Å²) in [6.45, 7) is 0. The second kappa shape index (κ2) is 9.75. The second-order valence-electron chi connectivity index (χ2n) is 9.12. The topological polar surface area (TPSA) is 81.5 Å². The molecule has 0 saturated heterocycles. The standard InChI is InChI=1S/C31H14Cl2N4OS2/c32-27-21-12-19-11-17(25-2-1-9-39-25)3-6-22(19)36-29(21)28(33)31-30(27)37-23-7-4-18(13-24(23)38-31)26-8-5-20(40-26)10-16(14-34)15-35/h1-11,13H,12H2. The van der Waals surface area contributed by atoms with Gasteiger partial charge in [-0.2, -0.15) is 10.5 Å². The maximum Gasteiger partial charge on any atom is 0.175 e. The molecule has 0 aliphatic carbocycles. The number of hydrogen-bond donors (Lipinski definition) is 0. The van der Waals surface area contributed by atoms with Crippen LogP contribution in [0.5, 0.6) is 11.5 Å². The molecule has 40 heavy (non-hydrogen) atoms. The van der Waals surface area contributed by atoms with Crippen molar-refractivity contribution in [3.63, 3.8) is 0 Å². The Labute approximate surface area is 246 Å². The van der Waals surface area contributed by atoms with Crippen molar-refractivity contribution in [2.75, 3.05) is 0 Å². The van der Waals surface area contributed by atoms with Crippen molar-refractivity contribution in [3.8, 4) is 44.5 Å². The fraction of sp³-hybridized carbons (Fsp3) is 0.0323. The molecular weight excluding hydrogens is 579 g/mol. The van der Waals surface area contributed by atoms with Gasteiger partial charge in [0.25, 0.3) is 0 Å². The van der Waals surface area contributed by atoms with Crippen LogP contribution in [-0.4, -0.2) is 0 Å². The Morgan fingerprint density at radius 2 is 1.65 bits per heavy atom. The van der Waals surface area contributed by atoms with Gasteiger partial charge in [0.15, 0.2) is 11.5 Å². The number of benzene rings is 3. The van der Waals surface area contributed by atoms with E-state index < -0.39 is 0 Å². The Morgan fingerprint density at radius 1 is 0.875 bits per heavy atom. The van der Waals surface area contributed by atoms with Gasteiger partial charge in [-0.05, 0) is 70.6 Å². The Hall–Kier alpha value is -4.24. The molecule has 2 aliphatic rings. The number of rotatable bonds is 3. The minimum Gasteiger partial charge on any atom is -0.451 e. The van der Waals surface area contributed by atoms with Crippen LogP contribution in [0.2, 0.25) is 10.0 Å². The Kier molecular flexibility index (Phi) is 6.04. The first-order valence-electron chi connectivity index (χ1n) is 12.1. The number of nitrogens with zero attached hydrogens (tertiary/aromatic N) is 4. The normalized spacial score (nSPS) is 12.2. The van der Waals surface area contributed by atoms with E-state index in [0.717, 1.165) is 37.7 Å². The lowest BCUT2D eigenvalue weighted by molar-refractivity contribution is 0.469. The van der Waals surface area contributed by atoms with E-state index in [1.807, 2.05) is 54.6 Å². The van der Waals surface area contributed by atoms with Crippen molar-refractivity contribution in [2.24, 2.45) is 9.98 Å². The first-order chi connectivity index (χ1) is 19.5. The highest BCUT2D eigenvalue weighted by Gasteiger charge is 2.26. The van der Waals surface area contributed by atoms with Gasteiger partial charge in [-0.15, -0.1) is 22.7 Å². The van der Waals surface area contributed by atoms with Crippen molar-refractivity contribution in [1.29, 1.82) is 10.5 Å². The van der Waals surface area contributed by atoms with E-state index >= 15 is 0 Å². The molecule has 0 amide bonds. The Bertz CT molecular complexity index is 2100. The van der Waals surface area contributed by atoms with E-state index in [4.69, 9.17) is 48.4 Å². The molecule has 2 aliphatic heterocycles. The molecule has 0 spiro atoms. The van der Waals surface area contributed by atoms with Crippen LogP contribution in [0, 0.1) is 22.7 Å². The molecule has 3 aromatic carbocycles. The summed E-state index contributed by atoms with van der Waals surface area (Å²) in [7, 11) is 0. The van der Waals surface area contributed by atoms with E-state index in [0.29, 0.717) is 44.4 Å². The molecular formula is C31H14Cl2N4OS2. The van der Waals surface area contributed by atoms with Crippen LogP contribution in [0.3, 0.4) is 0 Å². The lowest BCUT2D eigenvalue weighted by Gasteiger charge is -2.21. The summed E-state index contributed by atoms with van der Waals surface area (Å²) in [6.07, 6.45) is 2.17. The monoisotopic (exact) mass is 592 g/mol. The number of fused-ring (bicyclic) bond motifs is 4. The van der Waals surface area contributed by atoms with Gasteiger partial charge >= 0.3 is 0 Å². The Balaban J connectivity index is 1.29. The molecule has 0 bridgehead atoms. The zero-order valence-corrected chi connectivity index (χ0v) is 23.5. The van der Waals surface area contributed by atoms with E-state index in [9.17, 15) is 0 Å². The summed E-state index contributed by atoms with van der Waals surface area (Å²) in [4.78, 5) is 12.7. The highest BCUT2D eigenvalue weighted by molar-refractivity contribution is 7.16. The van der Waals surface area contributed by atoms with Crippen LogP contribution in [0.1, 0.15) is 16.0 Å².